The number of rotatable bonds is 3. The number of aromatic nitrogens is 2. The SMILES string of the molecule is CC(CO)Cn1cc(I)cn1. The molecule has 0 amide bonds. The number of halogens is 1. The highest BCUT2D eigenvalue weighted by atomic mass is 127. The fraction of sp³-hybridized carbons (Fsp3) is 0.571. The molecule has 0 saturated carbocycles. The van der Waals surface area contributed by atoms with Crippen molar-refractivity contribution in [2.45, 2.75) is 13.5 Å². The lowest BCUT2D eigenvalue weighted by Gasteiger charge is -2.06. The summed E-state index contributed by atoms with van der Waals surface area (Å²) in [7, 11) is 0. The second-order valence-corrected chi connectivity index (χ2v) is 3.91. The molecule has 1 atom stereocenters. The summed E-state index contributed by atoms with van der Waals surface area (Å²) in [6.07, 6.45) is 3.78. The normalized spacial score (nSPS) is 13.4. The van der Waals surface area contributed by atoms with E-state index in [1.165, 1.54) is 0 Å². The van der Waals surface area contributed by atoms with Gasteiger partial charge in [-0.05, 0) is 28.5 Å². The van der Waals surface area contributed by atoms with Gasteiger partial charge in [0.25, 0.3) is 0 Å². The van der Waals surface area contributed by atoms with Crippen molar-refractivity contribution in [3.05, 3.63) is 16.0 Å². The first-order chi connectivity index (χ1) is 5.22. The number of aliphatic hydroxyl groups excluding tert-OH is 1. The molecule has 1 unspecified atom stereocenters. The lowest BCUT2D eigenvalue weighted by atomic mass is 10.2. The molecule has 1 rings (SSSR count). The minimum absolute atomic E-state index is 0.219. The van der Waals surface area contributed by atoms with Crippen molar-refractivity contribution in [3.63, 3.8) is 0 Å². The summed E-state index contributed by atoms with van der Waals surface area (Å²) >= 11 is 2.21. The van der Waals surface area contributed by atoms with E-state index in [1.54, 1.807) is 0 Å². The van der Waals surface area contributed by atoms with E-state index in [1.807, 2.05) is 24.0 Å². The van der Waals surface area contributed by atoms with Gasteiger partial charge in [-0.3, -0.25) is 4.68 Å². The topological polar surface area (TPSA) is 38.0 Å². The Hall–Kier alpha value is -0.100. The molecule has 0 bridgehead atoms. The summed E-state index contributed by atoms with van der Waals surface area (Å²) in [4.78, 5) is 0. The van der Waals surface area contributed by atoms with Crippen LogP contribution in [0.1, 0.15) is 6.92 Å². The summed E-state index contributed by atoms with van der Waals surface area (Å²) in [6.45, 7) is 3.00. The Morgan fingerprint density at radius 3 is 3.00 bits per heavy atom. The predicted octanol–water partition coefficient (Wildman–Crippen LogP) is 1.12. The van der Waals surface area contributed by atoms with Crippen LogP contribution in [0.3, 0.4) is 0 Å². The third-order valence-electron chi connectivity index (χ3n) is 1.41. The summed E-state index contributed by atoms with van der Waals surface area (Å²) in [5, 5.41) is 12.9. The molecule has 4 heteroatoms. The summed E-state index contributed by atoms with van der Waals surface area (Å²) < 4.78 is 2.98. The molecule has 3 nitrogen and oxygen atoms in total. The highest BCUT2D eigenvalue weighted by Gasteiger charge is 2.01. The fourth-order valence-corrected chi connectivity index (χ4v) is 1.26. The van der Waals surface area contributed by atoms with Crippen LogP contribution >= 0.6 is 22.6 Å². The zero-order chi connectivity index (χ0) is 8.27. The van der Waals surface area contributed by atoms with E-state index in [0.29, 0.717) is 0 Å². The number of hydrogen-bond donors (Lipinski definition) is 1. The van der Waals surface area contributed by atoms with E-state index >= 15 is 0 Å². The van der Waals surface area contributed by atoms with Crippen LogP contribution in [0.15, 0.2) is 12.4 Å². The van der Waals surface area contributed by atoms with E-state index in [2.05, 4.69) is 27.7 Å². The van der Waals surface area contributed by atoms with Gasteiger partial charge in [0, 0.05) is 19.3 Å². The van der Waals surface area contributed by atoms with Crippen LogP contribution in [0.4, 0.5) is 0 Å². The molecular weight excluding hydrogens is 255 g/mol. The van der Waals surface area contributed by atoms with Crippen LogP contribution in [0.25, 0.3) is 0 Å². The van der Waals surface area contributed by atoms with Gasteiger partial charge in [0.05, 0.1) is 9.77 Å². The van der Waals surface area contributed by atoms with Crippen molar-refractivity contribution in [2.24, 2.45) is 5.92 Å². The monoisotopic (exact) mass is 266 g/mol. The molecule has 0 saturated heterocycles. The molecular formula is C7H11IN2O. The molecule has 0 aliphatic carbocycles. The van der Waals surface area contributed by atoms with Gasteiger partial charge in [-0.15, -0.1) is 0 Å². The third-order valence-corrected chi connectivity index (χ3v) is 1.97. The molecule has 62 valence electrons. The van der Waals surface area contributed by atoms with Crippen LogP contribution in [-0.4, -0.2) is 21.5 Å². The van der Waals surface area contributed by atoms with Gasteiger partial charge < -0.3 is 5.11 Å². The highest BCUT2D eigenvalue weighted by molar-refractivity contribution is 14.1. The largest absolute Gasteiger partial charge is 0.396 e. The zero-order valence-electron chi connectivity index (χ0n) is 6.37. The molecule has 1 heterocycles. The molecule has 1 aromatic heterocycles. The molecule has 0 aliphatic heterocycles. The fourth-order valence-electron chi connectivity index (χ4n) is 0.815. The Morgan fingerprint density at radius 1 is 1.82 bits per heavy atom. The molecule has 1 aromatic rings. The molecule has 0 radical (unpaired) electrons. The molecule has 0 aromatic carbocycles. The Balaban J connectivity index is 2.50. The number of aliphatic hydroxyl groups is 1. The first kappa shape index (κ1) is 8.99. The van der Waals surface area contributed by atoms with Gasteiger partial charge in [-0.25, -0.2) is 0 Å². The molecule has 11 heavy (non-hydrogen) atoms. The van der Waals surface area contributed by atoms with Gasteiger partial charge in [0.1, 0.15) is 0 Å². The maximum atomic E-state index is 8.76. The smallest absolute Gasteiger partial charge is 0.0623 e. The van der Waals surface area contributed by atoms with Crippen LogP contribution in [0, 0.1) is 9.49 Å². The van der Waals surface area contributed by atoms with Gasteiger partial charge in [-0.1, -0.05) is 6.92 Å². The zero-order valence-corrected chi connectivity index (χ0v) is 8.52. The minimum atomic E-state index is 0.219. The quantitative estimate of drug-likeness (QED) is 0.832. The molecule has 0 aliphatic rings. The van der Waals surface area contributed by atoms with Crippen molar-refractivity contribution in [1.82, 2.24) is 9.78 Å². The summed E-state index contributed by atoms with van der Waals surface area (Å²) in [6, 6.07) is 0. The van der Waals surface area contributed by atoms with Crippen molar-refractivity contribution in [2.75, 3.05) is 6.61 Å². The van der Waals surface area contributed by atoms with Gasteiger partial charge in [0.15, 0.2) is 0 Å². The molecule has 0 fully saturated rings. The summed E-state index contributed by atoms with van der Waals surface area (Å²) in [5.41, 5.74) is 0. The van der Waals surface area contributed by atoms with E-state index in [-0.39, 0.29) is 12.5 Å². The van der Waals surface area contributed by atoms with Crippen molar-refractivity contribution >= 4 is 22.6 Å². The highest BCUT2D eigenvalue weighted by Crippen LogP contribution is 2.03. The predicted molar refractivity (Wildman–Crippen MR) is 51.2 cm³/mol. The average molecular weight is 266 g/mol. The van der Waals surface area contributed by atoms with Crippen molar-refractivity contribution < 1.29 is 5.11 Å². The second-order valence-electron chi connectivity index (χ2n) is 2.67. The number of nitrogens with zero attached hydrogens (tertiary/aromatic N) is 2. The summed E-state index contributed by atoms with van der Waals surface area (Å²) in [5.74, 6) is 0.283. The van der Waals surface area contributed by atoms with Crippen LogP contribution in [-0.2, 0) is 6.54 Å². The van der Waals surface area contributed by atoms with Crippen LogP contribution in [0.2, 0.25) is 0 Å². The third kappa shape index (κ3) is 2.78. The van der Waals surface area contributed by atoms with E-state index in [4.69, 9.17) is 5.11 Å². The van der Waals surface area contributed by atoms with Crippen LogP contribution in [0.5, 0.6) is 0 Å². The second kappa shape index (κ2) is 4.06. The van der Waals surface area contributed by atoms with E-state index in [9.17, 15) is 0 Å². The first-order valence-corrected chi connectivity index (χ1v) is 4.59. The maximum absolute atomic E-state index is 8.76. The Bertz CT molecular complexity index is 224. The van der Waals surface area contributed by atoms with E-state index < -0.39 is 0 Å². The molecule has 0 spiro atoms. The maximum Gasteiger partial charge on any atom is 0.0623 e. The first-order valence-electron chi connectivity index (χ1n) is 3.51. The van der Waals surface area contributed by atoms with Crippen LogP contribution < -0.4 is 0 Å². The van der Waals surface area contributed by atoms with E-state index in [0.717, 1.165) is 10.1 Å². The average Bonchev–Trinajstić information content (AvgIpc) is 2.35. The Labute approximate surface area is 79.6 Å². The molecule has 1 N–H and O–H groups in total. The van der Waals surface area contributed by atoms with Gasteiger partial charge >= 0.3 is 0 Å². The minimum Gasteiger partial charge on any atom is -0.396 e. The lowest BCUT2D eigenvalue weighted by molar-refractivity contribution is 0.219. The standard InChI is InChI=1S/C7H11IN2O/c1-6(5-11)3-10-4-7(8)2-9-10/h2,4,6,11H,3,5H2,1H3. The van der Waals surface area contributed by atoms with Crippen molar-refractivity contribution in [3.8, 4) is 0 Å². The van der Waals surface area contributed by atoms with Crippen molar-refractivity contribution in [1.29, 1.82) is 0 Å². The lowest BCUT2D eigenvalue weighted by Crippen LogP contribution is -2.11. The van der Waals surface area contributed by atoms with Gasteiger partial charge in [0.2, 0.25) is 0 Å². The Kier molecular flexibility index (Phi) is 3.32. The number of hydrogen-bond acceptors (Lipinski definition) is 2. The Morgan fingerprint density at radius 2 is 2.55 bits per heavy atom. The van der Waals surface area contributed by atoms with Gasteiger partial charge in [-0.2, -0.15) is 5.10 Å².